The molecule has 0 aliphatic rings. The average molecular weight is 316 g/mol. The molecule has 0 heterocycles. The van der Waals surface area contributed by atoms with Crippen molar-refractivity contribution >= 4 is 5.91 Å². The van der Waals surface area contributed by atoms with E-state index in [-0.39, 0.29) is 17.8 Å². The molecule has 0 aliphatic heterocycles. The highest BCUT2D eigenvalue weighted by atomic mass is 19.1. The minimum Gasteiger partial charge on any atom is -0.489 e. The van der Waals surface area contributed by atoms with Gasteiger partial charge in [-0.25, -0.2) is 4.39 Å². The maximum absolute atomic E-state index is 13.1. The highest BCUT2D eigenvalue weighted by molar-refractivity contribution is 5.79. The molecule has 5 heteroatoms. The van der Waals surface area contributed by atoms with E-state index in [9.17, 15) is 9.18 Å². The number of carbonyl (C=O) groups is 1. The van der Waals surface area contributed by atoms with Gasteiger partial charge < -0.3 is 10.5 Å². The number of halogens is 1. The number of amides is 1. The number of nitrogens with two attached hydrogens (primary N) is 1. The number of nitrogens with zero attached hydrogens (tertiary/aromatic N) is 1. The molecule has 2 aromatic carbocycles. The van der Waals surface area contributed by atoms with Gasteiger partial charge >= 0.3 is 0 Å². The highest BCUT2D eigenvalue weighted by Gasteiger charge is 2.14. The van der Waals surface area contributed by atoms with E-state index in [0.29, 0.717) is 18.9 Å². The standard InChI is InChI=1S/C18H21FN2O2/c1-13(18(20)22)21(2)11-14-6-8-17(9-7-14)23-12-15-4-3-5-16(19)10-15/h3-10,13H,11-12H2,1-2H3,(H2,20,22). The quantitative estimate of drug-likeness (QED) is 0.854. The maximum Gasteiger partial charge on any atom is 0.234 e. The zero-order valence-corrected chi connectivity index (χ0v) is 13.3. The zero-order chi connectivity index (χ0) is 16.8. The fourth-order valence-electron chi connectivity index (χ4n) is 2.13. The number of benzene rings is 2. The fraction of sp³-hybridized carbons (Fsp3) is 0.278. The van der Waals surface area contributed by atoms with Crippen LogP contribution in [0.4, 0.5) is 4.39 Å². The summed E-state index contributed by atoms with van der Waals surface area (Å²) in [5.41, 5.74) is 7.13. The number of ether oxygens (including phenoxy) is 1. The second-order valence-electron chi connectivity index (χ2n) is 5.56. The van der Waals surface area contributed by atoms with Crippen molar-refractivity contribution in [2.75, 3.05) is 7.05 Å². The molecule has 0 aliphatic carbocycles. The van der Waals surface area contributed by atoms with E-state index in [1.54, 1.807) is 13.0 Å². The molecule has 2 N–H and O–H groups in total. The topological polar surface area (TPSA) is 55.6 Å². The normalized spacial score (nSPS) is 12.2. The predicted molar refractivity (Wildman–Crippen MR) is 87.3 cm³/mol. The summed E-state index contributed by atoms with van der Waals surface area (Å²) in [5.74, 6) is 0.0965. The van der Waals surface area contributed by atoms with Gasteiger partial charge in [0.05, 0.1) is 6.04 Å². The molecule has 1 unspecified atom stereocenters. The van der Waals surface area contributed by atoms with Crippen molar-refractivity contribution in [1.82, 2.24) is 4.90 Å². The number of likely N-dealkylation sites (N-methyl/N-ethyl adjacent to an activating group) is 1. The van der Waals surface area contributed by atoms with Crippen LogP contribution in [0.15, 0.2) is 48.5 Å². The van der Waals surface area contributed by atoms with E-state index < -0.39 is 0 Å². The number of rotatable bonds is 7. The smallest absolute Gasteiger partial charge is 0.234 e. The van der Waals surface area contributed by atoms with Crippen LogP contribution in [0.1, 0.15) is 18.1 Å². The third-order valence-electron chi connectivity index (χ3n) is 3.72. The van der Waals surface area contributed by atoms with Gasteiger partial charge in [-0.3, -0.25) is 9.69 Å². The Morgan fingerprint density at radius 2 is 1.91 bits per heavy atom. The average Bonchev–Trinajstić information content (AvgIpc) is 2.53. The van der Waals surface area contributed by atoms with Crippen molar-refractivity contribution in [1.29, 1.82) is 0 Å². The Morgan fingerprint density at radius 3 is 2.52 bits per heavy atom. The van der Waals surface area contributed by atoms with Crippen LogP contribution >= 0.6 is 0 Å². The third kappa shape index (κ3) is 5.07. The molecule has 1 atom stereocenters. The van der Waals surface area contributed by atoms with Gasteiger partial charge in [-0.2, -0.15) is 0 Å². The summed E-state index contributed by atoms with van der Waals surface area (Å²) in [4.78, 5) is 13.0. The lowest BCUT2D eigenvalue weighted by atomic mass is 10.2. The van der Waals surface area contributed by atoms with Crippen molar-refractivity contribution in [3.8, 4) is 5.75 Å². The Labute approximate surface area is 135 Å². The van der Waals surface area contributed by atoms with E-state index in [1.165, 1.54) is 12.1 Å². The van der Waals surface area contributed by atoms with Crippen LogP contribution in [-0.2, 0) is 17.9 Å². The summed E-state index contributed by atoms with van der Waals surface area (Å²) in [5, 5.41) is 0. The molecule has 2 aromatic rings. The van der Waals surface area contributed by atoms with Crippen LogP contribution in [0.25, 0.3) is 0 Å². The Kier molecular flexibility index (Phi) is 5.71. The largest absolute Gasteiger partial charge is 0.489 e. The van der Waals surface area contributed by atoms with E-state index in [1.807, 2.05) is 42.3 Å². The van der Waals surface area contributed by atoms with Gasteiger partial charge in [-0.05, 0) is 49.4 Å². The molecule has 2 rings (SSSR count). The Morgan fingerprint density at radius 1 is 1.22 bits per heavy atom. The monoisotopic (exact) mass is 316 g/mol. The second-order valence-corrected chi connectivity index (χ2v) is 5.56. The molecular weight excluding hydrogens is 295 g/mol. The molecule has 0 saturated carbocycles. The number of carbonyl (C=O) groups excluding carboxylic acids is 1. The summed E-state index contributed by atoms with van der Waals surface area (Å²) in [6, 6.07) is 13.6. The summed E-state index contributed by atoms with van der Waals surface area (Å²) in [7, 11) is 1.85. The minimum absolute atomic E-state index is 0.270. The molecule has 4 nitrogen and oxygen atoms in total. The van der Waals surface area contributed by atoms with Gasteiger partial charge in [0.2, 0.25) is 5.91 Å². The Balaban J connectivity index is 1.90. The summed E-state index contributed by atoms with van der Waals surface area (Å²) in [6.45, 7) is 2.71. The molecule has 0 saturated heterocycles. The summed E-state index contributed by atoms with van der Waals surface area (Å²) >= 11 is 0. The van der Waals surface area contributed by atoms with Crippen molar-refractivity contribution in [3.05, 3.63) is 65.5 Å². The summed E-state index contributed by atoms with van der Waals surface area (Å²) in [6.07, 6.45) is 0. The number of primary amides is 1. The molecular formula is C18H21FN2O2. The van der Waals surface area contributed by atoms with E-state index in [0.717, 1.165) is 11.1 Å². The van der Waals surface area contributed by atoms with Gasteiger partial charge in [-0.1, -0.05) is 24.3 Å². The van der Waals surface area contributed by atoms with E-state index in [2.05, 4.69) is 0 Å². The van der Waals surface area contributed by atoms with Crippen molar-refractivity contribution in [2.45, 2.75) is 26.1 Å². The first-order chi connectivity index (χ1) is 11.0. The van der Waals surface area contributed by atoms with Crippen LogP contribution in [0, 0.1) is 5.82 Å². The molecule has 0 bridgehead atoms. The van der Waals surface area contributed by atoms with Crippen LogP contribution in [0.3, 0.4) is 0 Å². The first kappa shape index (κ1) is 17.0. The van der Waals surface area contributed by atoms with Crippen molar-refractivity contribution in [2.24, 2.45) is 5.73 Å². The Bertz CT molecular complexity index is 658. The lowest BCUT2D eigenvalue weighted by Gasteiger charge is -2.21. The van der Waals surface area contributed by atoms with Gasteiger partial charge in [0, 0.05) is 6.54 Å². The molecule has 0 aromatic heterocycles. The molecule has 1 amide bonds. The fourth-order valence-corrected chi connectivity index (χ4v) is 2.13. The van der Waals surface area contributed by atoms with E-state index >= 15 is 0 Å². The van der Waals surface area contributed by atoms with Crippen LogP contribution < -0.4 is 10.5 Å². The second kappa shape index (κ2) is 7.74. The summed E-state index contributed by atoms with van der Waals surface area (Å²) < 4.78 is 18.7. The van der Waals surface area contributed by atoms with Crippen molar-refractivity contribution in [3.63, 3.8) is 0 Å². The van der Waals surface area contributed by atoms with Gasteiger partial charge in [0.1, 0.15) is 18.2 Å². The highest BCUT2D eigenvalue weighted by Crippen LogP contribution is 2.16. The Hall–Kier alpha value is -2.40. The first-order valence-electron chi connectivity index (χ1n) is 7.41. The van der Waals surface area contributed by atoms with Crippen molar-refractivity contribution < 1.29 is 13.9 Å². The minimum atomic E-state index is -0.345. The third-order valence-corrected chi connectivity index (χ3v) is 3.72. The molecule has 122 valence electrons. The van der Waals surface area contributed by atoms with E-state index in [4.69, 9.17) is 10.5 Å². The number of hydrogen-bond acceptors (Lipinski definition) is 3. The number of hydrogen-bond donors (Lipinski definition) is 1. The van der Waals surface area contributed by atoms with Crippen LogP contribution in [-0.4, -0.2) is 23.9 Å². The first-order valence-corrected chi connectivity index (χ1v) is 7.41. The molecule has 0 spiro atoms. The lowest BCUT2D eigenvalue weighted by Crippen LogP contribution is -2.39. The van der Waals surface area contributed by atoms with Crippen LogP contribution in [0.5, 0.6) is 5.75 Å². The zero-order valence-electron chi connectivity index (χ0n) is 13.3. The van der Waals surface area contributed by atoms with Gasteiger partial charge in [-0.15, -0.1) is 0 Å². The SMILES string of the molecule is CC(C(N)=O)N(C)Cc1ccc(OCc2cccc(F)c2)cc1. The molecule has 23 heavy (non-hydrogen) atoms. The lowest BCUT2D eigenvalue weighted by molar-refractivity contribution is -0.122. The molecule has 0 fully saturated rings. The van der Waals surface area contributed by atoms with Gasteiger partial charge in [0.25, 0.3) is 0 Å². The van der Waals surface area contributed by atoms with Gasteiger partial charge in [0.15, 0.2) is 0 Å². The maximum atomic E-state index is 13.1. The molecule has 0 radical (unpaired) electrons. The predicted octanol–water partition coefficient (Wildman–Crippen LogP) is 2.71. The van der Waals surface area contributed by atoms with Crippen LogP contribution in [0.2, 0.25) is 0 Å².